The van der Waals surface area contributed by atoms with Crippen molar-refractivity contribution in [3.05, 3.63) is 34.7 Å². The summed E-state index contributed by atoms with van der Waals surface area (Å²) in [4.78, 5) is 4.51. The second-order valence-corrected chi connectivity index (χ2v) is 5.39. The summed E-state index contributed by atoms with van der Waals surface area (Å²) in [6.45, 7) is 1.94. The topological polar surface area (TPSA) is 52.0 Å². The highest BCUT2D eigenvalue weighted by molar-refractivity contribution is 7.98. The highest BCUT2D eigenvalue weighted by atomic mass is 35.5. The summed E-state index contributed by atoms with van der Waals surface area (Å²) >= 11 is 7.69. The van der Waals surface area contributed by atoms with E-state index in [2.05, 4.69) is 11.2 Å². The molecule has 96 valence electrons. The molecule has 0 radical (unpaired) electrons. The fourth-order valence-electron chi connectivity index (χ4n) is 1.66. The van der Waals surface area contributed by atoms with Crippen LogP contribution >= 0.6 is 23.4 Å². The van der Waals surface area contributed by atoms with Crippen LogP contribution in [0.2, 0.25) is 5.02 Å². The van der Waals surface area contributed by atoms with Crippen LogP contribution < -0.4 is 5.73 Å². The molecule has 0 bridgehead atoms. The van der Waals surface area contributed by atoms with Crippen molar-refractivity contribution in [2.24, 2.45) is 0 Å². The molecule has 0 fully saturated rings. The number of anilines is 1. The van der Waals surface area contributed by atoms with Crippen LogP contribution in [0.5, 0.6) is 0 Å². The Morgan fingerprint density at radius 3 is 2.89 bits per heavy atom. The number of benzene rings is 1. The molecule has 0 spiro atoms. The van der Waals surface area contributed by atoms with Gasteiger partial charge in [0.25, 0.3) is 0 Å². The summed E-state index contributed by atoms with van der Waals surface area (Å²) in [6, 6.07) is 5.40. The molecule has 2 rings (SSSR count). The number of thioether (sulfide) groups is 1. The van der Waals surface area contributed by atoms with Gasteiger partial charge in [-0.15, -0.1) is 0 Å². The molecule has 0 aliphatic rings. The molecule has 0 atom stereocenters. The number of hydrogen-bond acceptors (Lipinski definition) is 4. The summed E-state index contributed by atoms with van der Waals surface area (Å²) in [5.41, 5.74) is 8.18. The van der Waals surface area contributed by atoms with E-state index in [-0.39, 0.29) is 0 Å². The van der Waals surface area contributed by atoms with Crippen LogP contribution in [0, 0.1) is 6.92 Å². The first kappa shape index (κ1) is 13.3. The van der Waals surface area contributed by atoms with E-state index in [1.807, 2.05) is 13.0 Å². The summed E-state index contributed by atoms with van der Waals surface area (Å²) in [5, 5.41) is 0.546. The first-order valence-corrected chi connectivity index (χ1v) is 7.39. The first-order chi connectivity index (χ1) is 8.61. The average Bonchev–Trinajstić information content (AvgIpc) is 2.72. The molecule has 0 unspecified atom stereocenters. The van der Waals surface area contributed by atoms with Gasteiger partial charge in [0.05, 0.1) is 16.4 Å². The zero-order valence-electron chi connectivity index (χ0n) is 10.4. The quantitative estimate of drug-likeness (QED) is 0.867. The third-order valence-corrected chi connectivity index (χ3v) is 3.64. The van der Waals surface area contributed by atoms with Crippen LogP contribution in [0.15, 0.2) is 22.6 Å². The van der Waals surface area contributed by atoms with E-state index in [1.54, 1.807) is 23.9 Å². The lowest BCUT2D eigenvalue weighted by Gasteiger charge is -1.99. The average molecular weight is 283 g/mol. The Labute approximate surface area is 116 Å². The zero-order chi connectivity index (χ0) is 13.1. The van der Waals surface area contributed by atoms with Crippen LogP contribution in [-0.4, -0.2) is 17.0 Å². The molecule has 0 saturated heterocycles. The number of aryl methyl sites for hydroxylation is 2. The smallest absolute Gasteiger partial charge is 0.226 e. The maximum Gasteiger partial charge on any atom is 0.226 e. The third-order valence-electron chi connectivity index (χ3n) is 2.68. The molecule has 0 amide bonds. The van der Waals surface area contributed by atoms with Crippen molar-refractivity contribution in [1.82, 2.24) is 4.98 Å². The normalized spacial score (nSPS) is 10.8. The lowest BCUT2D eigenvalue weighted by molar-refractivity contribution is 0.540. The molecule has 0 aliphatic carbocycles. The number of nitrogens with two attached hydrogens (primary N) is 1. The second kappa shape index (κ2) is 5.67. The van der Waals surface area contributed by atoms with Crippen molar-refractivity contribution in [2.45, 2.75) is 13.3 Å². The van der Waals surface area contributed by atoms with Gasteiger partial charge in [0.15, 0.2) is 0 Å². The molecular weight excluding hydrogens is 268 g/mol. The van der Waals surface area contributed by atoms with Gasteiger partial charge in [-0.25, -0.2) is 4.98 Å². The zero-order valence-corrected chi connectivity index (χ0v) is 11.9. The molecule has 0 aliphatic heterocycles. The Kier molecular flexibility index (Phi) is 4.19. The van der Waals surface area contributed by atoms with Crippen LogP contribution in [0.3, 0.4) is 0 Å². The van der Waals surface area contributed by atoms with Crippen LogP contribution in [-0.2, 0) is 6.42 Å². The van der Waals surface area contributed by atoms with Gasteiger partial charge in [0, 0.05) is 12.0 Å². The Morgan fingerprint density at radius 2 is 2.22 bits per heavy atom. The maximum atomic E-state index is 5.89. The summed E-state index contributed by atoms with van der Waals surface area (Å²) in [6.07, 6.45) is 3.00. The molecule has 0 saturated carbocycles. The van der Waals surface area contributed by atoms with E-state index in [4.69, 9.17) is 21.8 Å². The highest BCUT2D eigenvalue weighted by Gasteiger charge is 2.11. The van der Waals surface area contributed by atoms with Gasteiger partial charge in [0.1, 0.15) is 5.76 Å². The van der Waals surface area contributed by atoms with Crippen LogP contribution in [0.25, 0.3) is 11.5 Å². The molecule has 2 N–H and O–H groups in total. The van der Waals surface area contributed by atoms with E-state index < -0.39 is 0 Å². The molecule has 3 nitrogen and oxygen atoms in total. The Morgan fingerprint density at radius 1 is 1.44 bits per heavy atom. The van der Waals surface area contributed by atoms with Crippen molar-refractivity contribution in [3.8, 4) is 11.5 Å². The Balaban J connectivity index is 2.30. The van der Waals surface area contributed by atoms with Crippen molar-refractivity contribution >= 4 is 29.1 Å². The summed E-state index contributed by atoms with van der Waals surface area (Å²) in [7, 11) is 0. The third kappa shape index (κ3) is 2.82. The number of oxazole rings is 1. The molecule has 1 aromatic carbocycles. The lowest BCUT2D eigenvalue weighted by atomic mass is 10.2. The van der Waals surface area contributed by atoms with Gasteiger partial charge in [-0.3, -0.25) is 0 Å². The van der Waals surface area contributed by atoms with Crippen LogP contribution in [0.1, 0.15) is 11.5 Å². The van der Waals surface area contributed by atoms with Gasteiger partial charge in [-0.1, -0.05) is 11.6 Å². The SMILES string of the molecule is CSCCc1nc(-c2ccc(Cl)c(N)c2)oc1C. The van der Waals surface area contributed by atoms with E-state index in [9.17, 15) is 0 Å². The van der Waals surface area contributed by atoms with E-state index in [0.29, 0.717) is 16.6 Å². The predicted molar refractivity (Wildman–Crippen MR) is 78.2 cm³/mol. The van der Waals surface area contributed by atoms with E-state index >= 15 is 0 Å². The van der Waals surface area contributed by atoms with Gasteiger partial charge in [-0.05, 0) is 37.1 Å². The minimum absolute atomic E-state index is 0.538. The number of rotatable bonds is 4. The number of hydrogen-bond donors (Lipinski definition) is 1. The maximum absolute atomic E-state index is 5.89. The van der Waals surface area contributed by atoms with Crippen LogP contribution in [0.4, 0.5) is 5.69 Å². The van der Waals surface area contributed by atoms with E-state index in [0.717, 1.165) is 29.2 Å². The van der Waals surface area contributed by atoms with Crippen molar-refractivity contribution in [2.75, 3.05) is 17.7 Å². The molecular formula is C13H15ClN2OS. The Hall–Kier alpha value is -1.13. The minimum atomic E-state index is 0.538. The molecule has 2 aromatic rings. The van der Waals surface area contributed by atoms with Crippen molar-refractivity contribution in [3.63, 3.8) is 0 Å². The standard InChI is InChI=1S/C13H15ClN2OS/c1-8-12(5-6-18-2)16-13(17-8)9-3-4-10(14)11(15)7-9/h3-4,7H,5-6,15H2,1-2H3. The number of nitrogen functional groups attached to an aromatic ring is 1. The minimum Gasteiger partial charge on any atom is -0.441 e. The van der Waals surface area contributed by atoms with Gasteiger partial charge < -0.3 is 10.2 Å². The number of aromatic nitrogens is 1. The highest BCUT2D eigenvalue weighted by Crippen LogP contribution is 2.27. The van der Waals surface area contributed by atoms with Gasteiger partial charge >= 0.3 is 0 Å². The monoisotopic (exact) mass is 282 g/mol. The number of halogens is 1. The van der Waals surface area contributed by atoms with Gasteiger partial charge in [-0.2, -0.15) is 11.8 Å². The lowest BCUT2D eigenvalue weighted by Crippen LogP contribution is -1.91. The summed E-state index contributed by atoms with van der Waals surface area (Å²) in [5.74, 6) is 2.51. The number of nitrogens with zero attached hydrogens (tertiary/aromatic N) is 1. The predicted octanol–water partition coefficient (Wildman–Crippen LogP) is 3.79. The molecule has 1 heterocycles. The first-order valence-electron chi connectivity index (χ1n) is 5.62. The molecule has 18 heavy (non-hydrogen) atoms. The fourth-order valence-corrected chi connectivity index (χ4v) is 2.17. The van der Waals surface area contributed by atoms with Gasteiger partial charge in [0.2, 0.25) is 5.89 Å². The van der Waals surface area contributed by atoms with Crippen molar-refractivity contribution < 1.29 is 4.42 Å². The second-order valence-electron chi connectivity index (χ2n) is 4.00. The van der Waals surface area contributed by atoms with E-state index in [1.165, 1.54) is 0 Å². The van der Waals surface area contributed by atoms with Crippen molar-refractivity contribution in [1.29, 1.82) is 0 Å². The Bertz CT molecular complexity index is 554. The fraction of sp³-hybridized carbons (Fsp3) is 0.308. The molecule has 1 aromatic heterocycles. The largest absolute Gasteiger partial charge is 0.441 e. The summed E-state index contributed by atoms with van der Waals surface area (Å²) < 4.78 is 5.67. The molecule has 5 heteroatoms.